The Morgan fingerprint density at radius 3 is 2.85 bits per heavy atom. The number of aryl methyl sites for hydroxylation is 2. The first-order valence-corrected chi connectivity index (χ1v) is 9.12. The summed E-state index contributed by atoms with van der Waals surface area (Å²) >= 11 is 0. The van der Waals surface area contributed by atoms with Crippen molar-refractivity contribution in [2.45, 2.75) is 33.1 Å². The third kappa shape index (κ3) is 4.28. The molecule has 0 unspecified atom stereocenters. The molecule has 0 bridgehead atoms. The van der Waals surface area contributed by atoms with E-state index < -0.39 is 0 Å². The van der Waals surface area contributed by atoms with E-state index in [1.807, 2.05) is 31.1 Å². The molecule has 7 nitrogen and oxygen atoms in total. The molecule has 0 aliphatic carbocycles. The lowest BCUT2D eigenvalue weighted by molar-refractivity contribution is -0.125. The van der Waals surface area contributed by atoms with Gasteiger partial charge in [-0.05, 0) is 25.8 Å². The Bertz CT molecular complexity index is 810. The third-order valence-electron chi connectivity index (χ3n) is 4.45. The zero-order valence-corrected chi connectivity index (χ0v) is 15.7. The van der Waals surface area contributed by atoms with Crippen molar-refractivity contribution >= 4 is 17.8 Å². The van der Waals surface area contributed by atoms with Crippen LogP contribution in [-0.4, -0.2) is 50.2 Å². The molecule has 138 valence electrons. The van der Waals surface area contributed by atoms with E-state index in [2.05, 4.69) is 27.3 Å². The number of aromatic nitrogens is 4. The molecule has 0 spiro atoms. The largest absolute Gasteiger partial charge is 0.370 e. The first-order valence-electron chi connectivity index (χ1n) is 9.12. The fourth-order valence-electron chi connectivity index (χ4n) is 3.13. The molecule has 1 amide bonds. The normalized spacial score (nSPS) is 14.3. The maximum atomic E-state index is 12.6. The Balaban J connectivity index is 1.71. The van der Waals surface area contributed by atoms with E-state index in [9.17, 15) is 4.79 Å². The van der Waals surface area contributed by atoms with E-state index in [0.717, 1.165) is 54.3 Å². The van der Waals surface area contributed by atoms with Crippen LogP contribution in [-0.2, 0) is 24.7 Å². The lowest BCUT2D eigenvalue weighted by Crippen LogP contribution is -2.31. The monoisotopic (exact) mass is 354 g/mol. The summed E-state index contributed by atoms with van der Waals surface area (Å²) in [7, 11) is 1.86. The fourth-order valence-corrected chi connectivity index (χ4v) is 3.13. The molecular weight excluding hydrogens is 328 g/mol. The van der Waals surface area contributed by atoms with Crippen LogP contribution in [0, 0.1) is 6.92 Å². The second-order valence-corrected chi connectivity index (χ2v) is 6.58. The van der Waals surface area contributed by atoms with Gasteiger partial charge in [0.25, 0.3) is 0 Å². The van der Waals surface area contributed by atoms with Gasteiger partial charge in [-0.25, -0.2) is 9.97 Å². The molecule has 0 fully saturated rings. The molecular formula is C19H26N6O. The summed E-state index contributed by atoms with van der Waals surface area (Å²) in [5.41, 5.74) is 3.13. The van der Waals surface area contributed by atoms with Crippen LogP contribution in [0.15, 0.2) is 18.5 Å². The molecule has 2 aromatic rings. The Labute approximate surface area is 154 Å². The van der Waals surface area contributed by atoms with E-state index in [4.69, 9.17) is 0 Å². The van der Waals surface area contributed by atoms with Crippen LogP contribution < -0.4 is 5.32 Å². The molecule has 0 saturated carbocycles. The molecule has 26 heavy (non-hydrogen) atoms. The Hall–Kier alpha value is -2.70. The van der Waals surface area contributed by atoms with Crippen molar-refractivity contribution in [1.29, 1.82) is 0 Å². The van der Waals surface area contributed by atoms with Gasteiger partial charge in [-0.15, -0.1) is 0 Å². The standard InChI is InChI=1S/C19H26N6O/c1-4-9-20-19-16-7-10-25(11-8-17(16)22-14(2)23-19)18(26)6-5-15-12-21-24(3)13-15/h5-6,12-13H,4,7-11H2,1-3H3,(H,20,22,23)/b6-5+. The molecule has 3 heterocycles. The van der Waals surface area contributed by atoms with Gasteiger partial charge in [-0.2, -0.15) is 5.10 Å². The highest BCUT2D eigenvalue weighted by molar-refractivity contribution is 5.91. The summed E-state index contributed by atoms with van der Waals surface area (Å²) in [6.45, 7) is 6.29. The van der Waals surface area contributed by atoms with Gasteiger partial charge in [0.05, 0.1) is 11.9 Å². The minimum Gasteiger partial charge on any atom is -0.370 e. The number of fused-ring (bicyclic) bond motifs is 1. The Kier molecular flexibility index (Phi) is 5.65. The van der Waals surface area contributed by atoms with E-state index >= 15 is 0 Å². The van der Waals surface area contributed by atoms with Crippen LogP contribution in [0.3, 0.4) is 0 Å². The van der Waals surface area contributed by atoms with E-state index in [0.29, 0.717) is 13.1 Å². The van der Waals surface area contributed by atoms with Crippen LogP contribution in [0.4, 0.5) is 5.82 Å². The lowest BCUT2D eigenvalue weighted by Gasteiger charge is -2.18. The highest BCUT2D eigenvalue weighted by Gasteiger charge is 2.21. The van der Waals surface area contributed by atoms with Crippen molar-refractivity contribution in [2.75, 3.05) is 25.0 Å². The number of anilines is 1. The molecule has 0 atom stereocenters. The van der Waals surface area contributed by atoms with Gasteiger partial charge in [0.15, 0.2) is 0 Å². The smallest absolute Gasteiger partial charge is 0.246 e. The molecule has 1 aliphatic heterocycles. The van der Waals surface area contributed by atoms with Crippen LogP contribution in [0.2, 0.25) is 0 Å². The number of hydrogen-bond acceptors (Lipinski definition) is 5. The summed E-state index contributed by atoms with van der Waals surface area (Å²) in [5, 5.41) is 7.52. The summed E-state index contributed by atoms with van der Waals surface area (Å²) in [6.07, 6.45) is 9.63. The summed E-state index contributed by atoms with van der Waals surface area (Å²) in [4.78, 5) is 23.6. The van der Waals surface area contributed by atoms with Crippen molar-refractivity contribution in [3.63, 3.8) is 0 Å². The number of carbonyl (C=O) groups excluding carboxylic acids is 1. The average molecular weight is 354 g/mol. The maximum absolute atomic E-state index is 12.6. The van der Waals surface area contributed by atoms with Crippen LogP contribution in [0.1, 0.15) is 36.0 Å². The van der Waals surface area contributed by atoms with E-state index in [1.54, 1.807) is 17.0 Å². The molecule has 1 N–H and O–H groups in total. The topological polar surface area (TPSA) is 75.9 Å². The average Bonchev–Trinajstić information content (AvgIpc) is 2.91. The zero-order chi connectivity index (χ0) is 18.5. The van der Waals surface area contributed by atoms with Gasteiger partial charge in [0.2, 0.25) is 5.91 Å². The first-order chi connectivity index (χ1) is 12.6. The van der Waals surface area contributed by atoms with Crippen LogP contribution in [0.25, 0.3) is 6.08 Å². The second kappa shape index (κ2) is 8.12. The van der Waals surface area contributed by atoms with Crippen molar-refractivity contribution in [2.24, 2.45) is 7.05 Å². The number of amides is 1. The summed E-state index contributed by atoms with van der Waals surface area (Å²) in [5.74, 6) is 1.72. The van der Waals surface area contributed by atoms with E-state index in [-0.39, 0.29) is 5.91 Å². The lowest BCUT2D eigenvalue weighted by atomic mass is 10.1. The zero-order valence-electron chi connectivity index (χ0n) is 15.7. The predicted octanol–water partition coefficient (Wildman–Crippen LogP) is 1.98. The van der Waals surface area contributed by atoms with Crippen molar-refractivity contribution in [1.82, 2.24) is 24.6 Å². The number of nitrogens with one attached hydrogen (secondary N) is 1. The van der Waals surface area contributed by atoms with Gasteiger partial charge in [-0.1, -0.05) is 6.92 Å². The van der Waals surface area contributed by atoms with Gasteiger partial charge in [-0.3, -0.25) is 9.48 Å². The molecule has 1 aliphatic rings. The second-order valence-electron chi connectivity index (χ2n) is 6.58. The third-order valence-corrected chi connectivity index (χ3v) is 4.45. The van der Waals surface area contributed by atoms with Gasteiger partial charge in [0.1, 0.15) is 11.6 Å². The number of nitrogens with zero attached hydrogens (tertiary/aromatic N) is 5. The molecule has 0 saturated heterocycles. The highest BCUT2D eigenvalue weighted by Crippen LogP contribution is 2.22. The van der Waals surface area contributed by atoms with Gasteiger partial charge in [0, 0.05) is 56.5 Å². The SMILES string of the molecule is CCCNc1nc(C)nc2c1CCN(C(=O)/C=C/c1cnn(C)c1)CC2. The highest BCUT2D eigenvalue weighted by atomic mass is 16.2. The predicted molar refractivity (Wildman–Crippen MR) is 102 cm³/mol. The first kappa shape index (κ1) is 18.1. The minimum absolute atomic E-state index is 0.0226. The van der Waals surface area contributed by atoms with Gasteiger partial charge < -0.3 is 10.2 Å². The molecule has 3 rings (SSSR count). The number of rotatable bonds is 5. The fraction of sp³-hybridized carbons (Fsp3) is 0.474. The Morgan fingerprint density at radius 1 is 1.31 bits per heavy atom. The van der Waals surface area contributed by atoms with Crippen molar-refractivity contribution in [3.05, 3.63) is 41.1 Å². The summed E-state index contributed by atoms with van der Waals surface area (Å²) < 4.78 is 1.72. The Morgan fingerprint density at radius 2 is 2.12 bits per heavy atom. The quantitative estimate of drug-likeness (QED) is 0.831. The maximum Gasteiger partial charge on any atom is 0.246 e. The molecule has 2 aromatic heterocycles. The molecule has 0 aromatic carbocycles. The number of hydrogen-bond donors (Lipinski definition) is 1. The molecule has 0 radical (unpaired) electrons. The van der Waals surface area contributed by atoms with Crippen molar-refractivity contribution < 1.29 is 4.79 Å². The van der Waals surface area contributed by atoms with Crippen LogP contribution in [0.5, 0.6) is 0 Å². The molecule has 7 heteroatoms. The van der Waals surface area contributed by atoms with E-state index in [1.165, 1.54) is 0 Å². The van der Waals surface area contributed by atoms with Crippen LogP contribution >= 0.6 is 0 Å². The summed E-state index contributed by atoms with van der Waals surface area (Å²) in [6, 6.07) is 0. The number of carbonyl (C=O) groups is 1. The minimum atomic E-state index is 0.0226. The van der Waals surface area contributed by atoms with Crippen molar-refractivity contribution in [3.8, 4) is 0 Å². The van der Waals surface area contributed by atoms with Gasteiger partial charge >= 0.3 is 0 Å².